The van der Waals surface area contributed by atoms with Crippen LogP contribution in [-0.4, -0.2) is 12.6 Å². The van der Waals surface area contributed by atoms with E-state index in [9.17, 15) is 4.79 Å². The highest BCUT2D eigenvalue weighted by molar-refractivity contribution is 6.32. The maximum absolute atomic E-state index is 11.9. The molecule has 0 amide bonds. The maximum atomic E-state index is 11.9. The molecule has 0 atom stereocenters. The van der Waals surface area contributed by atoms with E-state index in [-0.39, 0.29) is 0 Å². The minimum atomic E-state index is -0.448. The highest BCUT2D eigenvalue weighted by Crippen LogP contribution is 2.24. The van der Waals surface area contributed by atoms with Gasteiger partial charge in [-0.25, -0.2) is 4.79 Å². The predicted octanol–water partition coefficient (Wildman–Crippen LogP) is 3.96. The van der Waals surface area contributed by atoms with Crippen molar-refractivity contribution in [2.75, 3.05) is 6.61 Å². The maximum Gasteiger partial charge on any atom is 0.343 e. The molecule has 0 radical (unpaired) electrons. The Labute approximate surface area is 116 Å². The summed E-state index contributed by atoms with van der Waals surface area (Å²) in [4.78, 5) is 11.9. The van der Waals surface area contributed by atoms with Gasteiger partial charge in [0.1, 0.15) is 11.5 Å². The molecule has 98 valence electrons. The fraction of sp³-hybridized carbons (Fsp3) is 0.133. The molecule has 3 nitrogen and oxygen atoms in total. The molecule has 0 aliphatic heterocycles. The van der Waals surface area contributed by atoms with Gasteiger partial charge in [0.05, 0.1) is 17.2 Å². The van der Waals surface area contributed by atoms with E-state index >= 15 is 0 Å². The number of halogens is 1. The molecule has 0 heterocycles. The summed E-state index contributed by atoms with van der Waals surface area (Å²) in [5.41, 5.74) is 0.448. The first kappa shape index (κ1) is 13.4. The summed E-state index contributed by atoms with van der Waals surface area (Å²) in [6, 6.07) is 13.6. The smallest absolute Gasteiger partial charge is 0.343 e. The van der Waals surface area contributed by atoms with Gasteiger partial charge >= 0.3 is 5.97 Å². The largest absolute Gasteiger partial charge is 0.494 e. The monoisotopic (exact) mass is 276 g/mol. The van der Waals surface area contributed by atoms with Gasteiger partial charge in [-0.05, 0) is 43.3 Å². The standard InChI is InChI=1S/C15H13ClO3/c1-2-18-12-9-7-11(8-10-12)15(17)19-14-6-4-3-5-13(14)16/h3-10H,2H2,1H3. The molecule has 2 aromatic rings. The van der Waals surface area contributed by atoms with Gasteiger partial charge in [-0.15, -0.1) is 0 Å². The number of carbonyl (C=O) groups excluding carboxylic acids is 1. The summed E-state index contributed by atoms with van der Waals surface area (Å²) in [7, 11) is 0. The molecule has 0 saturated heterocycles. The van der Waals surface area contributed by atoms with Gasteiger partial charge in [0.2, 0.25) is 0 Å². The summed E-state index contributed by atoms with van der Waals surface area (Å²) in [6.07, 6.45) is 0. The molecule has 0 saturated carbocycles. The zero-order valence-electron chi connectivity index (χ0n) is 10.4. The Bertz CT molecular complexity index is 564. The molecule has 0 N–H and O–H groups in total. The molecule has 0 fully saturated rings. The van der Waals surface area contributed by atoms with E-state index in [0.29, 0.717) is 22.9 Å². The van der Waals surface area contributed by atoms with Crippen LogP contribution in [0.1, 0.15) is 17.3 Å². The van der Waals surface area contributed by atoms with Gasteiger partial charge < -0.3 is 9.47 Å². The van der Waals surface area contributed by atoms with Crippen LogP contribution in [0.4, 0.5) is 0 Å². The normalized spacial score (nSPS) is 10.0. The fourth-order valence-electron chi connectivity index (χ4n) is 1.54. The van der Waals surface area contributed by atoms with Crippen molar-refractivity contribution >= 4 is 17.6 Å². The zero-order valence-corrected chi connectivity index (χ0v) is 11.2. The second-order valence-electron chi connectivity index (χ2n) is 3.78. The molecular weight excluding hydrogens is 264 g/mol. The first-order valence-electron chi connectivity index (χ1n) is 5.90. The lowest BCUT2D eigenvalue weighted by molar-refractivity contribution is 0.0735. The molecule has 2 aromatic carbocycles. The van der Waals surface area contributed by atoms with E-state index in [2.05, 4.69) is 0 Å². The van der Waals surface area contributed by atoms with Gasteiger partial charge in [0, 0.05) is 0 Å². The molecule has 0 unspecified atom stereocenters. The number of esters is 1. The third-order valence-electron chi connectivity index (χ3n) is 2.44. The quantitative estimate of drug-likeness (QED) is 0.626. The minimum absolute atomic E-state index is 0.350. The van der Waals surface area contributed by atoms with E-state index < -0.39 is 5.97 Å². The van der Waals surface area contributed by atoms with Crippen molar-refractivity contribution in [2.24, 2.45) is 0 Å². The third kappa shape index (κ3) is 3.48. The van der Waals surface area contributed by atoms with Gasteiger partial charge in [-0.2, -0.15) is 0 Å². The van der Waals surface area contributed by atoms with Crippen LogP contribution in [-0.2, 0) is 0 Å². The molecule has 0 spiro atoms. The number of hydrogen-bond acceptors (Lipinski definition) is 3. The molecular formula is C15H13ClO3. The molecule has 0 aliphatic rings. The second kappa shape index (κ2) is 6.25. The number of carbonyl (C=O) groups is 1. The lowest BCUT2D eigenvalue weighted by Gasteiger charge is -2.07. The summed E-state index contributed by atoms with van der Waals surface area (Å²) in [5, 5.41) is 0.404. The van der Waals surface area contributed by atoms with E-state index in [0.717, 1.165) is 5.75 Å². The Morgan fingerprint density at radius 1 is 1.11 bits per heavy atom. The average molecular weight is 277 g/mol. The number of para-hydroxylation sites is 1. The molecule has 19 heavy (non-hydrogen) atoms. The van der Waals surface area contributed by atoms with Crippen LogP contribution in [0.3, 0.4) is 0 Å². The van der Waals surface area contributed by atoms with Gasteiger partial charge in [0.15, 0.2) is 0 Å². The topological polar surface area (TPSA) is 35.5 Å². The minimum Gasteiger partial charge on any atom is -0.494 e. The first-order chi connectivity index (χ1) is 9.20. The highest BCUT2D eigenvalue weighted by Gasteiger charge is 2.10. The van der Waals surface area contributed by atoms with Crippen molar-refractivity contribution in [3.05, 3.63) is 59.1 Å². The van der Waals surface area contributed by atoms with Crippen molar-refractivity contribution in [3.63, 3.8) is 0 Å². The first-order valence-corrected chi connectivity index (χ1v) is 6.28. The predicted molar refractivity (Wildman–Crippen MR) is 74.0 cm³/mol. The highest BCUT2D eigenvalue weighted by atomic mass is 35.5. The Kier molecular flexibility index (Phi) is 4.42. The average Bonchev–Trinajstić information content (AvgIpc) is 2.42. The Morgan fingerprint density at radius 3 is 2.42 bits per heavy atom. The van der Waals surface area contributed by atoms with Gasteiger partial charge in [-0.1, -0.05) is 23.7 Å². The third-order valence-corrected chi connectivity index (χ3v) is 2.75. The van der Waals surface area contributed by atoms with Crippen LogP contribution in [0.15, 0.2) is 48.5 Å². The number of benzene rings is 2. The molecule has 0 bridgehead atoms. The second-order valence-corrected chi connectivity index (χ2v) is 4.18. The lowest BCUT2D eigenvalue weighted by atomic mass is 10.2. The van der Waals surface area contributed by atoms with Crippen LogP contribution < -0.4 is 9.47 Å². The molecule has 0 aliphatic carbocycles. The summed E-state index contributed by atoms with van der Waals surface area (Å²) < 4.78 is 10.5. The van der Waals surface area contributed by atoms with Crippen LogP contribution in [0.2, 0.25) is 5.02 Å². The summed E-state index contributed by atoms with van der Waals surface area (Å²) >= 11 is 5.93. The number of hydrogen-bond donors (Lipinski definition) is 0. The molecule has 0 aromatic heterocycles. The van der Waals surface area contributed by atoms with Crippen molar-refractivity contribution in [3.8, 4) is 11.5 Å². The van der Waals surface area contributed by atoms with Crippen LogP contribution >= 0.6 is 11.6 Å². The van der Waals surface area contributed by atoms with Gasteiger partial charge in [-0.3, -0.25) is 0 Å². The van der Waals surface area contributed by atoms with Crippen LogP contribution in [0, 0.1) is 0 Å². The van der Waals surface area contributed by atoms with Crippen molar-refractivity contribution in [1.82, 2.24) is 0 Å². The Morgan fingerprint density at radius 2 is 1.79 bits per heavy atom. The van der Waals surface area contributed by atoms with Crippen molar-refractivity contribution in [2.45, 2.75) is 6.92 Å². The van der Waals surface area contributed by atoms with E-state index in [1.165, 1.54) is 0 Å². The Hall–Kier alpha value is -2.00. The summed E-state index contributed by atoms with van der Waals surface area (Å²) in [6.45, 7) is 2.49. The van der Waals surface area contributed by atoms with Crippen molar-refractivity contribution in [1.29, 1.82) is 0 Å². The van der Waals surface area contributed by atoms with E-state index in [4.69, 9.17) is 21.1 Å². The van der Waals surface area contributed by atoms with E-state index in [1.807, 2.05) is 6.92 Å². The molecule has 4 heteroatoms. The fourth-order valence-corrected chi connectivity index (χ4v) is 1.71. The SMILES string of the molecule is CCOc1ccc(C(=O)Oc2ccccc2Cl)cc1. The lowest BCUT2D eigenvalue weighted by Crippen LogP contribution is -2.08. The van der Waals surface area contributed by atoms with Crippen LogP contribution in [0.25, 0.3) is 0 Å². The summed E-state index contributed by atoms with van der Waals surface area (Å²) in [5.74, 6) is 0.621. The van der Waals surface area contributed by atoms with Gasteiger partial charge in [0.25, 0.3) is 0 Å². The molecule has 2 rings (SSSR count). The van der Waals surface area contributed by atoms with E-state index in [1.54, 1.807) is 48.5 Å². The number of rotatable bonds is 4. The zero-order chi connectivity index (χ0) is 13.7. The van der Waals surface area contributed by atoms with Crippen LogP contribution in [0.5, 0.6) is 11.5 Å². The van der Waals surface area contributed by atoms with Crippen molar-refractivity contribution < 1.29 is 14.3 Å². The Balaban J connectivity index is 2.10. The number of ether oxygens (including phenoxy) is 2.